The van der Waals surface area contributed by atoms with Gasteiger partial charge in [-0.1, -0.05) is 11.6 Å². The van der Waals surface area contributed by atoms with Crippen LogP contribution < -0.4 is 10.1 Å². The molecule has 0 amide bonds. The van der Waals surface area contributed by atoms with Crippen molar-refractivity contribution in [1.29, 1.82) is 0 Å². The molecule has 0 atom stereocenters. The van der Waals surface area contributed by atoms with Gasteiger partial charge in [-0.3, -0.25) is 4.98 Å². The highest BCUT2D eigenvalue weighted by molar-refractivity contribution is 6.30. The van der Waals surface area contributed by atoms with Crippen molar-refractivity contribution in [3.8, 4) is 11.5 Å². The van der Waals surface area contributed by atoms with E-state index in [0.29, 0.717) is 24.1 Å². The Morgan fingerprint density at radius 2 is 2.20 bits per heavy atom. The molecule has 0 bridgehead atoms. The topological polar surface area (TPSA) is 34.1 Å². The highest BCUT2D eigenvalue weighted by Gasteiger charge is 2.20. The van der Waals surface area contributed by atoms with Crippen LogP contribution in [0.15, 0.2) is 36.7 Å². The molecule has 3 rings (SSSR count). The number of halogens is 2. The van der Waals surface area contributed by atoms with Gasteiger partial charge in [-0.2, -0.15) is 0 Å². The van der Waals surface area contributed by atoms with E-state index in [1.165, 1.54) is 25.0 Å². The first-order valence-electron chi connectivity index (χ1n) is 6.51. The van der Waals surface area contributed by atoms with E-state index in [0.717, 1.165) is 5.56 Å². The molecule has 104 valence electrons. The van der Waals surface area contributed by atoms with E-state index in [9.17, 15) is 4.39 Å². The molecule has 0 unspecified atom stereocenters. The predicted molar refractivity (Wildman–Crippen MR) is 75.6 cm³/mol. The summed E-state index contributed by atoms with van der Waals surface area (Å²) >= 11 is 5.75. The summed E-state index contributed by atoms with van der Waals surface area (Å²) in [5.74, 6) is 0.760. The lowest BCUT2D eigenvalue weighted by Crippen LogP contribution is -2.15. The monoisotopic (exact) mass is 292 g/mol. The number of nitrogens with one attached hydrogen (secondary N) is 1. The highest BCUT2D eigenvalue weighted by atomic mass is 35.5. The Morgan fingerprint density at radius 3 is 2.95 bits per heavy atom. The van der Waals surface area contributed by atoms with Gasteiger partial charge in [0.15, 0.2) is 0 Å². The quantitative estimate of drug-likeness (QED) is 0.907. The number of hydrogen-bond acceptors (Lipinski definition) is 3. The van der Waals surface area contributed by atoms with E-state index in [2.05, 4.69) is 10.3 Å². The molecule has 0 saturated heterocycles. The summed E-state index contributed by atoms with van der Waals surface area (Å²) in [6.07, 6.45) is 5.89. The number of aromatic nitrogens is 1. The molecule has 1 aromatic heterocycles. The van der Waals surface area contributed by atoms with E-state index in [1.54, 1.807) is 24.5 Å². The lowest BCUT2D eigenvalue weighted by atomic mass is 10.2. The maximum atomic E-state index is 13.1. The maximum Gasteiger partial charge on any atom is 0.142 e. The van der Waals surface area contributed by atoms with Gasteiger partial charge in [0.25, 0.3) is 0 Å². The van der Waals surface area contributed by atoms with Gasteiger partial charge in [-0.15, -0.1) is 0 Å². The third-order valence-corrected chi connectivity index (χ3v) is 3.43. The van der Waals surface area contributed by atoms with Crippen LogP contribution in [0.5, 0.6) is 11.5 Å². The molecular formula is C15H14ClFN2O. The largest absolute Gasteiger partial charge is 0.457 e. The molecule has 1 fully saturated rings. The average molecular weight is 293 g/mol. The molecule has 1 saturated carbocycles. The number of hydrogen-bond donors (Lipinski definition) is 1. The van der Waals surface area contributed by atoms with Crippen molar-refractivity contribution >= 4 is 11.6 Å². The van der Waals surface area contributed by atoms with Crippen molar-refractivity contribution in [3.05, 3.63) is 53.1 Å². The second-order valence-electron chi connectivity index (χ2n) is 4.82. The van der Waals surface area contributed by atoms with Gasteiger partial charge in [0.05, 0.1) is 5.02 Å². The smallest absolute Gasteiger partial charge is 0.142 e. The van der Waals surface area contributed by atoms with Gasteiger partial charge in [0.1, 0.15) is 17.3 Å². The summed E-state index contributed by atoms with van der Waals surface area (Å²) in [6.45, 7) is 0.711. The van der Waals surface area contributed by atoms with Crippen LogP contribution in [0, 0.1) is 5.82 Å². The molecule has 1 N–H and O–H groups in total. The molecule has 2 aromatic rings. The minimum Gasteiger partial charge on any atom is -0.457 e. The van der Waals surface area contributed by atoms with E-state index >= 15 is 0 Å². The molecule has 5 heteroatoms. The molecule has 0 spiro atoms. The van der Waals surface area contributed by atoms with Gasteiger partial charge < -0.3 is 10.1 Å². The Labute approximate surface area is 121 Å². The lowest BCUT2D eigenvalue weighted by Gasteiger charge is -2.11. The van der Waals surface area contributed by atoms with Crippen LogP contribution in [0.1, 0.15) is 18.4 Å². The molecule has 3 nitrogen and oxygen atoms in total. The van der Waals surface area contributed by atoms with E-state index in [1.807, 2.05) is 0 Å². The summed E-state index contributed by atoms with van der Waals surface area (Å²) in [4.78, 5) is 4.11. The van der Waals surface area contributed by atoms with Crippen LogP contribution in [0.25, 0.3) is 0 Å². The maximum absolute atomic E-state index is 13.1. The molecule has 1 aromatic carbocycles. The Bertz CT molecular complexity index is 617. The fourth-order valence-corrected chi connectivity index (χ4v) is 2.03. The van der Waals surface area contributed by atoms with Crippen molar-refractivity contribution in [3.63, 3.8) is 0 Å². The summed E-state index contributed by atoms with van der Waals surface area (Å²) in [6, 6.07) is 6.72. The lowest BCUT2D eigenvalue weighted by molar-refractivity contribution is 0.469. The van der Waals surface area contributed by atoms with Crippen LogP contribution in [0.4, 0.5) is 4.39 Å². The van der Waals surface area contributed by atoms with Crippen molar-refractivity contribution < 1.29 is 9.13 Å². The number of benzene rings is 1. The van der Waals surface area contributed by atoms with Crippen LogP contribution >= 0.6 is 11.6 Å². The molecule has 1 aliphatic carbocycles. The summed E-state index contributed by atoms with van der Waals surface area (Å²) in [5.41, 5.74) is 0.972. The van der Waals surface area contributed by atoms with Gasteiger partial charge in [-0.25, -0.2) is 4.39 Å². The normalized spacial score (nSPS) is 14.3. The molecule has 0 aliphatic heterocycles. The number of pyridine rings is 1. The van der Waals surface area contributed by atoms with Gasteiger partial charge in [-0.05, 0) is 31.0 Å². The minimum absolute atomic E-state index is 0.0502. The van der Waals surface area contributed by atoms with Gasteiger partial charge >= 0.3 is 0 Å². The van der Waals surface area contributed by atoms with Gasteiger partial charge in [0.2, 0.25) is 0 Å². The standard InChI is InChI=1S/C15H14ClFN2O/c16-13-7-12(3-4-14(13)17)20-15-5-6-18-8-10(15)9-19-11-1-2-11/h3-8,11,19H,1-2,9H2. The van der Waals surface area contributed by atoms with Crippen LogP contribution in [0.3, 0.4) is 0 Å². The molecule has 0 radical (unpaired) electrons. The molecule has 1 aliphatic rings. The first kappa shape index (κ1) is 13.3. The highest BCUT2D eigenvalue weighted by Crippen LogP contribution is 2.28. The SMILES string of the molecule is Fc1ccc(Oc2ccncc2CNC2CC2)cc1Cl. The Morgan fingerprint density at radius 1 is 1.35 bits per heavy atom. The Balaban J connectivity index is 1.76. The van der Waals surface area contributed by atoms with E-state index in [4.69, 9.17) is 16.3 Å². The summed E-state index contributed by atoms with van der Waals surface area (Å²) in [5, 5.41) is 3.46. The van der Waals surface area contributed by atoms with Crippen LogP contribution in [-0.2, 0) is 6.54 Å². The van der Waals surface area contributed by atoms with E-state index in [-0.39, 0.29) is 5.02 Å². The van der Waals surface area contributed by atoms with Crippen LogP contribution in [0.2, 0.25) is 5.02 Å². The van der Waals surface area contributed by atoms with Gasteiger partial charge in [0, 0.05) is 36.6 Å². The average Bonchev–Trinajstić information content (AvgIpc) is 3.26. The van der Waals surface area contributed by atoms with Crippen molar-refractivity contribution in [2.24, 2.45) is 0 Å². The first-order chi connectivity index (χ1) is 9.72. The first-order valence-corrected chi connectivity index (χ1v) is 6.89. The Kier molecular flexibility index (Phi) is 3.85. The van der Waals surface area contributed by atoms with Crippen LogP contribution in [-0.4, -0.2) is 11.0 Å². The number of nitrogens with zero attached hydrogens (tertiary/aromatic N) is 1. The Hall–Kier alpha value is -1.65. The van der Waals surface area contributed by atoms with Crippen molar-refractivity contribution in [1.82, 2.24) is 10.3 Å². The second-order valence-corrected chi connectivity index (χ2v) is 5.22. The minimum atomic E-state index is -0.454. The van der Waals surface area contributed by atoms with E-state index < -0.39 is 5.82 Å². The third kappa shape index (κ3) is 3.26. The van der Waals surface area contributed by atoms with Crippen molar-refractivity contribution in [2.75, 3.05) is 0 Å². The second kappa shape index (κ2) is 5.77. The molecule has 1 heterocycles. The number of rotatable bonds is 5. The summed E-state index contributed by atoms with van der Waals surface area (Å²) in [7, 11) is 0. The zero-order valence-corrected chi connectivity index (χ0v) is 11.5. The predicted octanol–water partition coefficient (Wildman–Crippen LogP) is 3.92. The fourth-order valence-electron chi connectivity index (χ4n) is 1.86. The zero-order valence-electron chi connectivity index (χ0n) is 10.8. The number of ether oxygens (including phenoxy) is 1. The molecule has 20 heavy (non-hydrogen) atoms. The summed E-state index contributed by atoms with van der Waals surface area (Å²) < 4.78 is 18.9. The third-order valence-electron chi connectivity index (χ3n) is 3.14. The molecular weight excluding hydrogens is 279 g/mol. The van der Waals surface area contributed by atoms with Crippen molar-refractivity contribution in [2.45, 2.75) is 25.4 Å². The zero-order chi connectivity index (χ0) is 13.9. The fraction of sp³-hybridized carbons (Fsp3) is 0.267.